The minimum atomic E-state index is -0.713. The molecule has 0 unspecified atom stereocenters. The molecular formula is C21H24N2O7. The molecule has 0 saturated carbocycles. The van der Waals surface area contributed by atoms with Crippen molar-refractivity contribution < 1.29 is 33.3 Å². The maximum absolute atomic E-state index is 12.1. The first kappa shape index (κ1) is 22.5. The van der Waals surface area contributed by atoms with Crippen LogP contribution in [0.1, 0.15) is 13.8 Å². The van der Waals surface area contributed by atoms with Crippen molar-refractivity contribution in [3.63, 3.8) is 0 Å². The summed E-state index contributed by atoms with van der Waals surface area (Å²) in [6, 6.07) is 11.7. The highest BCUT2D eigenvalue weighted by atomic mass is 16.6. The van der Waals surface area contributed by atoms with Crippen molar-refractivity contribution in [3.8, 4) is 17.2 Å². The van der Waals surface area contributed by atoms with Crippen molar-refractivity contribution in [3.05, 3.63) is 42.5 Å². The van der Waals surface area contributed by atoms with Crippen LogP contribution in [0.25, 0.3) is 0 Å². The summed E-state index contributed by atoms with van der Waals surface area (Å²) in [5.41, 5.74) is 0.809. The number of hydrogen-bond acceptors (Lipinski definition) is 7. The van der Waals surface area contributed by atoms with Crippen molar-refractivity contribution in [1.82, 2.24) is 0 Å². The van der Waals surface area contributed by atoms with Crippen LogP contribution < -0.4 is 24.8 Å². The Balaban J connectivity index is 1.87. The van der Waals surface area contributed by atoms with Gasteiger partial charge in [0.2, 0.25) is 5.91 Å². The van der Waals surface area contributed by atoms with Gasteiger partial charge in [-0.05, 0) is 37.3 Å². The minimum Gasteiger partial charge on any atom is -0.495 e. The topological polar surface area (TPSA) is 112 Å². The quantitative estimate of drug-likeness (QED) is 0.573. The van der Waals surface area contributed by atoms with Gasteiger partial charge >= 0.3 is 5.97 Å². The van der Waals surface area contributed by atoms with E-state index >= 15 is 0 Å². The second-order valence-corrected chi connectivity index (χ2v) is 5.97. The number of hydrogen-bond donors (Lipinski definition) is 2. The second-order valence-electron chi connectivity index (χ2n) is 5.97. The molecule has 0 fully saturated rings. The average molecular weight is 416 g/mol. The third kappa shape index (κ3) is 7.01. The third-order valence-electron chi connectivity index (χ3n) is 3.65. The van der Waals surface area contributed by atoms with E-state index < -0.39 is 18.5 Å². The van der Waals surface area contributed by atoms with E-state index in [9.17, 15) is 14.4 Å². The Bertz CT molecular complexity index is 899. The van der Waals surface area contributed by atoms with Crippen molar-refractivity contribution in [2.75, 3.05) is 37.6 Å². The number of anilines is 2. The van der Waals surface area contributed by atoms with E-state index in [0.29, 0.717) is 35.2 Å². The van der Waals surface area contributed by atoms with Crippen LogP contribution in [0.3, 0.4) is 0 Å². The summed E-state index contributed by atoms with van der Waals surface area (Å²) in [7, 11) is 1.44. The van der Waals surface area contributed by atoms with E-state index in [-0.39, 0.29) is 12.5 Å². The summed E-state index contributed by atoms with van der Waals surface area (Å²) < 4.78 is 20.9. The number of nitrogens with one attached hydrogen (secondary N) is 2. The molecule has 0 atom stereocenters. The molecule has 160 valence electrons. The van der Waals surface area contributed by atoms with Gasteiger partial charge in [0.25, 0.3) is 5.91 Å². The number of carbonyl (C=O) groups is 3. The van der Waals surface area contributed by atoms with Crippen LogP contribution in [-0.4, -0.2) is 44.7 Å². The number of carbonyl (C=O) groups excluding carboxylic acids is 3. The summed E-state index contributed by atoms with van der Waals surface area (Å²) in [4.78, 5) is 35.2. The zero-order valence-corrected chi connectivity index (χ0v) is 17.0. The molecule has 0 aromatic heterocycles. The minimum absolute atomic E-state index is 0.253. The van der Waals surface area contributed by atoms with Crippen molar-refractivity contribution >= 4 is 29.2 Å². The summed E-state index contributed by atoms with van der Waals surface area (Å²) in [5.74, 6) is -0.236. The van der Waals surface area contributed by atoms with E-state index in [4.69, 9.17) is 18.9 Å². The molecule has 0 aliphatic carbocycles. The van der Waals surface area contributed by atoms with Gasteiger partial charge in [0.05, 0.1) is 19.4 Å². The third-order valence-corrected chi connectivity index (χ3v) is 3.65. The normalized spacial score (nSPS) is 9.97. The molecule has 0 radical (unpaired) electrons. The Morgan fingerprint density at radius 3 is 2.23 bits per heavy atom. The molecule has 0 spiro atoms. The fraction of sp³-hybridized carbons (Fsp3) is 0.286. The van der Waals surface area contributed by atoms with Gasteiger partial charge in [0.1, 0.15) is 5.75 Å². The highest BCUT2D eigenvalue weighted by Gasteiger charge is 2.13. The van der Waals surface area contributed by atoms with Crippen LogP contribution >= 0.6 is 0 Å². The van der Waals surface area contributed by atoms with Crippen LogP contribution in [0.5, 0.6) is 17.2 Å². The van der Waals surface area contributed by atoms with Crippen molar-refractivity contribution in [1.29, 1.82) is 0 Å². The lowest BCUT2D eigenvalue weighted by Crippen LogP contribution is -2.24. The SMILES string of the molecule is CCOc1ccccc1OCC(=O)OCC(=O)Nc1cc(NC(C)=O)ccc1OC. The zero-order valence-electron chi connectivity index (χ0n) is 17.0. The van der Waals surface area contributed by atoms with E-state index in [0.717, 1.165) is 0 Å². The van der Waals surface area contributed by atoms with Gasteiger partial charge in [-0.2, -0.15) is 0 Å². The highest BCUT2D eigenvalue weighted by molar-refractivity contribution is 5.96. The van der Waals surface area contributed by atoms with E-state index in [2.05, 4.69) is 10.6 Å². The molecule has 2 aromatic rings. The lowest BCUT2D eigenvalue weighted by molar-refractivity contribution is -0.149. The summed E-state index contributed by atoms with van der Waals surface area (Å²) in [6.45, 7) is 2.78. The van der Waals surface area contributed by atoms with Gasteiger partial charge < -0.3 is 29.6 Å². The summed E-state index contributed by atoms with van der Waals surface area (Å²) in [5, 5.41) is 5.18. The van der Waals surface area contributed by atoms with Crippen LogP contribution in [0.4, 0.5) is 11.4 Å². The highest BCUT2D eigenvalue weighted by Crippen LogP contribution is 2.28. The molecule has 0 bridgehead atoms. The predicted molar refractivity (Wildman–Crippen MR) is 110 cm³/mol. The molecule has 30 heavy (non-hydrogen) atoms. The molecule has 2 aromatic carbocycles. The number of esters is 1. The van der Waals surface area contributed by atoms with Crippen LogP contribution in [0, 0.1) is 0 Å². The number of rotatable bonds is 10. The second kappa shape index (κ2) is 11.3. The number of benzene rings is 2. The van der Waals surface area contributed by atoms with Crippen LogP contribution in [0.15, 0.2) is 42.5 Å². The van der Waals surface area contributed by atoms with E-state index in [1.54, 1.807) is 36.4 Å². The molecule has 2 rings (SSSR count). The molecule has 0 heterocycles. The summed E-state index contributed by atoms with van der Waals surface area (Å²) in [6.07, 6.45) is 0. The fourth-order valence-corrected chi connectivity index (χ4v) is 2.44. The zero-order chi connectivity index (χ0) is 21.9. The Labute approximate surface area is 174 Å². The van der Waals surface area contributed by atoms with Gasteiger partial charge in [-0.15, -0.1) is 0 Å². The van der Waals surface area contributed by atoms with E-state index in [1.165, 1.54) is 20.1 Å². The molecule has 9 nitrogen and oxygen atoms in total. The lowest BCUT2D eigenvalue weighted by atomic mass is 10.2. The number of para-hydroxylation sites is 2. The molecule has 0 saturated heterocycles. The Morgan fingerprint density at radius 1 is 0.900 bits per heavy atom. The molecule has 2 N–H and O–H groups in total. The van der Waals surface area contributed by atoms with Crippen molar-refractivity contribution in [2.45, 2.75) is 13.8 Å². The standard InChI is InChI=1S/C21H24N2O7/c1-4-28-18-7-5-6-8-19(18)29-13-21(26)30-12-20(25)23-16-11-15(22-14(2)24)9-10-17(16)27-3/h5-11H,4,12-13H2,1-3H3,(H,22,24)(H,23,25). The lowest BCUT2D eigenvalue weighted by Gasteiger charge is -2.13. The average Bonchev–Trinajstić information content (AvgIpc) is 2.71. The van der Waals surface area contributed by atoms with E-state index in [1.807, 2.05) is 6.92 Å². The summed E-state index contributed by atoms with van der Waals surface area (Å²) >= 11 is 0. The van der Waals surface area contributed by atoms with Gasteiger partial charge in [-0.1, -0.05) is 12.1 Å². The first-order chi connectivity index (χ1) is 14.4. The maximum atomic E-state index is 12.1. The van der Waals surface area contributed by atoms with Gasteiger partial charge in [-0.3, -0.25) is 9.59 Å². The number of methoxy groups -OCH3 is 1. The maximum Gasteiger partial charge on any atom is 0.344 e. The van der Waals surface area contributed by atoms with Gasteiger partial charge in [-0.25, -0.2) is 4.79 Å². The van der Waals surface area contributed by atoms with Crippen molar-refractivity contribution in [2.24, 2.45) is 0 Å². The first-order valence-corrected chi connectivity index (χ1v) is 9.18. The Morgan fingerprint density at radius 2 is 1.60 bits per heavy atom. The molecule has 0 aliphatic heterocycles. The molecular weight excluding hydrogens is 392 g/mol. The van der Waals surface area contributed by atoms with Crippen LogP contribution in [0.2, 0.25) is 0 Å². The Hall–Kier alpha value is -3.75. The molecule has 9 heteroatoms. The molecule has 0 aliphatic rings. The van der Waals surface area contributed by atoms with Crippen LogP contribution in [-0.2, 0) is 19.1 Å². The largest absolute Gasteiger partial charge is 0.495 e. The molecule has 2 amide bonds. The predicted octanol–water partition coefficient (Wildman–Crippen LogP) is 2.61. The van der Waals surface area contributed by atoms with Gasteiger partial charge in [0, 0.05) is 12.6 Å². The monoisotopic (exact) mass is 416 g/mol. The first-order valence-electron chi connectivity index (χ1n) is 9.18. The van der Waals surface area contributed by atoms with Gasteiger partial charge in [0.15, 0.2) is 24.7 Å². The number of amides is 2. The smallest absolute Gasteiger partial charge is 0.344 e. The Kier molecular flexibility index (Phi) is 8.49. The number of ether oxygens (including phenoxy) is 4. The fourth-order valence-electron chi connectivity index (χ4n) is 2.44.